The second-order valence-corrected chi connectivity index (χ2v) is 6.23. The van der Waals surface area contributed by atoms with Crippen molar-refractivity contribution in [2.75, 3.05) is 6.54 Å². The SMILES string of the molecule is NC1=NC(C2CCNC(=O)c3[nH]c(Br)c(Br)c32)C(=O)N1. The fourth-order valence-corrected chi connectivity index (χ4v) is 3.59. The fourth-order valence-electron chi connectivity index (χ4n) is 2.59. The molecule has 2 unspecified atom stereocenters. The molecule has 2 atom stereocenters. The largest absolute Gasteiger partial charge is 0.370 e. The summed E-state index contributed by atoms with van der Waals surface area (Å²) in [5.41, 5.74) is 6.76. The molecule has 3 heterocycles. The van der Waals surface area contributed by atoms with E-state index >= 15 is 0 Å². The predicted molar refractivity (Wildman–Crippen MR) is 79.4 cm³/mol. The number of H-pyrrole nitrogens is 1. The zero-order valence-corrected chi connectivity index (χ0v) is 13.3. The summed E-state index contributed by atoms with van der Waals surface area (Å²) in [7, 11) is 0. The summed E-state index contributed by atoms with van der Waals surface area (Å²) >= 11 is 6.80. The van der Waals surface area contributed by atoms with Crippen LogP contribution < -0.4 is 16.4 Å². The summed E-state index contributed by atoms with van der Waals surface area (Å²) in [6.07, 6.45) is 0.608. The number of aromatic nitrogens is 1. The van der Waals surface area contributed by atoms with Gasteiger partial charge >= 0.3 is 0 Å². The van der Waals surface area contributed by atoms with Gasteiger partial charge < -0.3 is 16.0 Å². The summed E-state index contributed by atoms with van der Waals surface area (Å²) in [4.78, 5) is 31.1. The predicted octanol–water partition coefficient (Wildman–Crippen LogP) is 0.570. The Bertz CT molecular complexity index is 639. The third-order valence-corrected chi connectivity index (χ3v) is 5.40. The molecule has 5 N–H and O–H groups in total. The molecule has 0 bridgehead atoms. The number of aliphatic imine (C=N–C) groups is 1. The second kappa shape index (κ2) is 4.88. The van der Waals surface area contributed by atoms with Crippen LogP contribution >= 0.6 is 31.9 Å². The molecule has 106 valence electrons. The van der Waals surface area contributed by atoms with E-state index in [0.29, 0.717) is 23.3 Å². The molecule has 2 amide bonds. The number of hydrogen-bond acceptors (Lipinski definition) is 4. The van der Waals surface area contributed by atoms with Gasteiger partial charge in [0.2, 0.25) is 0 Å². The van der Waals surface area contributed by atoms with Crippen molar-refractivity contribution in [3.05, 3.63) is 20.3 Å². The van der Waals surface area contributed by atoms with Gasteiger partial charge in [-0.1, -0.05) is 0 Å². The molecule has 2 aliphatic heterocycles. The number of rotatable bonds is 1. The van der Waals surface area contributed by atoms with E-state index in [1.54, 1.807) is 0 Å². The van der Waals surface area contributed by atoms with Gasteiger partial charge in [-0.2, -0.15) is 0 Å². The summed E-state index contributed by atoms with van der Waals surface area (Å²) in [5.74, 6) is -0.529. The molecule has 2 aliphatic rings. The monoisotopic (exact) mass is 403 g/mol. The third kappa shape index (κ3) is 2.05. The van der Waals surface area contributed by atoms with Crippen LogP contribution in [0.5, 0.6) is 0 Å². The van der Waals surface area contributed by atoms with Crippen LogP contribution in [-0.4, -0.2) is 35.3 Å². The number of nitrogens with one attached hydrogen (secondary N) is 3. The van der Waals surface area contributed by atoms with Gasteiger partial charge in [-0.3, -0.25) is 14.9 Å². The molecule has 0 aliphatic carbocycles. The Hall–Kier alpha value is -1.35. The Balaban J connectivity index is 2.11. The molecule has 7 nitrogen and oxygen atoms in total. The van der Waals surface area contributed by atoms with Gasteiger partial charge in [0, 0.05) is 18.0 Å². The Morgan fingerprint density at radius 2 is 2.05 bits per heavy atom. The van der Waals surface area contributed by atoms with Crippen LogP contribution in [0.15, 0.2) is 14.1 Å². The standard InChI is InChI=1S/C11H11Br2N5O2/c12-5-4-3(6-10(20)18-11(14)17-6)1-2-15-9(19)7(4)16-8(5)13/h3,6,16H,1-2H2,(H,15,19)(H3,14,17,18,20). The minimum atomic E-state index is -0.611. The number of halogens is 2. The van der Waals surface area contributed by atoms with Crippen molar-refractivity contribution in [1.82, 2.24) is 15.6 Å². The molecular weight excluding hydrogens is 394 g/mol. The Labute approximate surface area is 131 Å². The summed E-state index contributed by atoms with van der Waals surface area (Å²) in [6, 6.07) is -0.611. The smallest absolute Gasteiger partial charge is 0.268 e. The van der Waals surface area contributed by atoms with Crippen LogP contribution in [0.1, 0.15) is 28.4 Å². The Kier molecular flexibility index (Phi) is 3.33. The molecule has 0 aromatic carbocycles. The van der Waals surface area contributed by atoms with Crippen molar-refractivity contribution in [3.8, 4) is 0 Å². The Morgan fingerprint density at radius 1 is 1.30 bits per heavy atom. The van der Waals surface area contributed by atoms with Gasteiger partial charge in [0.25, 0.3) is 11.8 Å². The molecule has 0 saturated carbocycles. The number of nitrogens with two attached hydrogens (primary N) is 1. The van der Waals surface area contributed by atoms with Crippen molar-refractivity contribution in [2.45, 2.75) is 18.4 Å². The molecular formula is C11H11Br2N5O2. The van der Waals surface area contributed by atoms with E-state index in [1.807, 2.05) is 0 Å². The van der Waals surface area contributed by atoms with Gasteiger partial charge in [-0.05, 0) is 38.3 Å². The van der Waals surface area contributed by atoms with Crippen LogP contribution in [0.25, 0.3) is 0 Å². The zero-order chi connectivity index (χ0) is 14.4. The van der Waals surface area contributed by atoms with Crippen LogP contribution in [0, 0.1) is 0 Å². The number of hydrogen-bond donors (Lipinski definition) is 4. The lowest BCUT2D eigenvalue weighted by atomic mass is 9.89. The van der Waals surface area contributed by atoms with E-state index < -0.39 is 6.04 Å². The molecule has 9 heteroatoms. The maximum atomic E-state index is 12.0. The van der Waals surface area contributed by atoms with Crippen LogP contribution in [0.4, 0.5) is 0 Å². The average molecular weight is 405 g/mol. The lowest BCUT2D eigenvalue weighted by Gasteiger charge is -2.18. The van der Waals surface area contributed by atoms with E-state index in [4.69, 9.17) is 5.73 Å². The first kappa shape index (κ1) is 13.6. The van der Waals surface area contributed by atoms with Crippen molar-refractivity contribution in [3.63, 3.8) is 0 Å². The van der Waals surface area contributed by atoms with E-state index in [1.165, 1.54) is 0 Å². The lowest BCUT2D eigenvalue weighted by molar-refractivity contribution is -0.120. The molecule has 20 heavy (non-hydrogen) atoms. The minimum Gasteiger partial charge on any atom is -0.370 e. The summed E-state index contributed by atoms with van der Waals surface area (Å²) in [5, 5.41) is 5.30. The van der Waals surface area contributed by atoms with Crippen molar-refractivity contribution < 1.29 is 9.59 Å². The first-order chi connectivity index (χ1) is 9.49. The number of guanidine groups is 1. The van der Waals surface area contributed by atoms with Crippen LogP contribution in [0.2, 0.25) is 0 Å². The third-order valence-electron chi connectivity index (χ3n) is 3.45. The lowest BCUT2D eigenvalue weighted by Crippen LogP contribution is -2.35. The van der Waals surface area contributed by atoms with Crippen LogP contribution in [-0.2, 0) is 4.79 Å². The van der Waals surface area contributed by atoms with Crippen molar-refractivity contribution >= 4 is 49.6 Å². The summed E-state index contributed by atoms with van der Waals surface area (Å²) in [6.45, 7) is 0.481. The number of fused-ring (bicyclic) bond motifs is 1. The van der Waals surface area contributed by atoms with Gasteiger partial charge in [-0.25, -0.2) is 4.99 Å². The summed E-state index contributed by atoms with van der Waals surface area (Å²) < 4.78 is 1.41. The Morgan fingerprint density at radius 3 is 2.70 bits per heavy atom. The maximum absolute atomic E-state index is 12.0. The number of carbonyl (C=O) groups excluding carboxylic acids is 2. The normalized spacial score (nSPS) is 25.6. The van der Waals surface area contributed by atoms with Gasteiger partial charge in [-0.15, -0.1) is 0 Å². The van der Waals surface area contributed by atoms with E-state index in [-0.39, 0.29) is 23.7 Å². The van der Waals surface area contributed by atoms with E-state index in [9.17, 15) is 9.59 Å². The van der Waals surface area contributed by atoms with Gasteiger partial charge in [0.15, 0.2) is 5.96 Å². The molecule has 0 fully saturated rings. The number of amides is 2. The van der Waals surface area contributed by atoms with E-state index in [2.05, 4.69) is 52.5 Å². The maximum Gasteiger partial charge on any atom is 0.268 e. The molecule has 0 radical (unpaired) electrons. The number of carbonyl (C=O) groups is 2. The topological polar surface area (TPSA) is 112 Å². The quantitative estimate of drug-likeness (QED) is 0.548. The highest BCUT2D eigenvalue weighted by Gasteiger charge is 2.39. The molecule has 0 saturated heterocycles. The number of nitrogens with zero attached hydrogens (tertiary/aromatic N) is 1. The molecule has 0 spiro atoms. The highest BCUT2D eigenvalue weighted by molar-refractivity contribution is 9.13. The fraction of sp³-hybridized carbons (Fsp3) is 0.364. The van der Waals surface area contributed by atoms with Crippen molar-refractivity contribution in [1.29, 1.82) is 0 Å². The van der Waals surface area contributed by atoms with Crippen LogP contribution in [0.3, 0.4) is 0 Å². The number of aromatic amines is 1. The average Bonchev–Trinajstić information content (AvgIpc) is 2.81. The first-order valence-corrected chi connectivity index (χ1v) is 7.57. The highest BCUT2D eigenvalue weighted by atomic mass is 79.9. The second-order valence-electron chi connectivity index (χ2n) is 4.64. The van der Waals surface area contributed by atoms with E-state index in [0.717, 1.165) is 10.0 Å². The molecule has 1 aromatic rings. The van der Waals surface area contributed by atoms with Crippen molar-refractivity contribution in [2.24, 2.45) is 10.7 Å². The minimum absolute atomic E-state index is 0.121. The van der Waals surface area contributed by atoms with Gasteiger partial charge in [0.1, 0.15) is 11.7 Å². The van der Waals surface area contributed by atoms with Gasteiger partial charge in [0.05, 0.1) is 9.08 Å². The molecule has 3 rings (SSSR count). The zero-order valence-electron chi connectivity index (χ0n) is 10.2. The first-order valence-electron chi connectivity index (χ1n) is 5.98. The highest BCUT2D eigenvalue weighted by Crippen LogP contribution is 2.40. The molecule has 1 aromatic heterocycles.